The fourth-order valence-electron chi connectivity index (χ4n) is 1.88. The Morgan fingerprint density at radius 2 is 1.95 bits per heavy atom. The van der Waals surface area contributed by atoms with Gasteiger partial charge in [-0.2, -0.15) is 0 Å². The van der Waals surface area contributed by atoms with Crippen LogP contribution >= 0.6 is 11.6 Å². The molecule has 1 aromatic carbocycles. The smallest absolute Gasteiger partial charge is 0.272 e. The van der Waals surface area contributed by atoms with E-state index in [4.69, 9.17) is 11.6 Å². The normalized spacial score (nSPS) is 12.0. The minimum Gasteiger partial charge on any atom is -0.334 e. The zero-order chi connectivity index (χ0) is 15.6. The number of aromatic nitrogens is 1. The van der Waals surface area contributed by atoms with Crippen LogP contribution in [0.1, 0.15) is 29.0 Å². The maximum atomic E-state index is 13.3. The van der Waals surface area contributed by atoms with Gasteiger partial charge in [0.2, 0.25) is 0 Å². The number of benzene rings is 1. The Morgan fingerprint density at radius 3 is 2.57 bits per heavy atom. The summed E-state index contributed by atoms with van der Waals surface area (Å²) in [6.07, 6.45) is 0. The molecule has 0 aliphatic rings. The topological polar surface area (TPSA) is 33.2 Å². The molecule has 0 bridgehead atoms. The summed E-state index contributed by atoms with van der Waals surface area (Å²) in [6, 6.07) is 7.86. The molecular formula is C15H13ClF2N2O. The van der Waals surface area contributed by atoms with Gasteiger partial charge in [-0.05, 0) is 36.8 Å². The van der Waals surface area contributed by atoms with Crippen molar-refractivity contribution in [2.75, 3.05) is 7.05 Å². The number of hydrogen-bond acceptors (Lipinski definition) is 2. The summed E-state index contributed by atoms with van der Waals surface area (Å²) < 4.78 is 26.2. The minimum atomic E-state index is -0.943. The molecule has 0 saturated heterocycles. The molecule has 0 spiro atoms. The van der Waals surface area contributed by atoms with E-state index in [0.29, 0.717) is 5.56 Å². The van der Waals surface area contributed by atoms with Gasteiger partial charge >= 0.3 is 0 Å². The highest BCUT2D eigenvalue weighted by molar-refractivity contribution is 6.29. The molecule has 1 amide bonds. The van der Waals surface area contributed by atoms with Gasteiger partial charge in [-0.3, -0.25) is 4.79 Å². The number of nitrogens with zero attached hydrogens (tertiary/aromatic N) is 2. The van der Waals surface area contributed by atoms with Crippen LogP contribution in [0.4, 0.5) is 8.78 Å². The van der Waals surface area contributed by atoms with E-state index in [1.165, 1.54) is 11.0 Å². The van der Waals surface area contributed by atoms with Gasteiger partial charge < -0.3 is 4.90 Å². The maximum absolute atomic E-state index is 13.3. The van der Waals surface area contributed by atoms with Gasteiger partial charge in [0, 0.05) is 7.05 Å². The lowest BCUT2D eigenvalue weighted by molar-refractivity contribution is 0.0736. The van der Waals surface area contributed by atoms with Crippen LogP contribution in [0.25, 0.3) is 0 Å². The van der Waals surface area contributed by atoms with Gasteiger partial charge in [-0.25, -0.2) is 13.8 Å². The van der Waals surface area contributed by atoms with Crippen LogP contribution in [0, 0.1) is 11.6 Å². The fraction of sp³-hybridized carbons (Fsp3) is 0.200. The number of carbonyl (C=O) groups excluding carboxylic acids is 1. The van der Waals surface area contributed by atoms with Gasteiger partial charge in [0.1, 0.15) is 10.8 Å². The third-order valence-corrected chi connectivity index (χ3v) is 3.47. The number of rotatable bonds is 3. The molecule has 110 valence electrons. The van der Waals surface area contributed by atoms with Gasteiger partial charge in [-0.15, -0.1) is 0 Å². The largest absolute Gasteiger partial charge is 0.334 e. The molecule has 6 heteroatoms. The van der Waals surface area contributed by atoms with Gasteiger partial charge in [0.05, 0.1) is 6.04 Å². The summed E-state index contributed by atoms with van der Waals surface area (Å²) in [5.41, 5.74) is 0.686. The molecule has 21 heavy (non-hydrogen) atoms. The first-order valence-electron chi connectivity index (χ1n) is 6.25. The fourth-order valence-corrected chi connectivity index (χ4v) is 2.04. The van der Waals surface area contributed by atoms with Gasteiger partial charge in [0.15, 0.2) is 11.6 Å². The van der Waals surface area contributed by atoms with E-state index in [0.717, 1.165) is 12.1 Å². The van der Waals surface area contributed by atoms with Gasteiger partial charge in [0.25, 0.3) is 5.91 Å². The molecular weight excluding hydrogens is 298 g/mol. The lowest BCUT2D eigenvalue weighted by Crippen LogP contribution is -2.30. The monoisotopic (exact) mass is 310 g/mol. The lowest BCUT2D eigenvalue weighted by Gasteiger charge is -2.25. The van der Waals surface area contributed by atoms with Crippen molar-refractivity contribution in [3.05, 3.63) is 64.4 Å². The molecule has 2 rings (SSSR count). The lowest BCUT2D eigenvalue weighted by atomic mass is 10.1. The molecule has 0 fully saturated rings. The number of carbonyl (C=O) groups is 1. The zero-order valence-corrected chi connectivity index (χ0v) is 12.2. The molecule has 2 aromatic rings. The van der Waals surface area contributed by atoms with Crippen LogP contribution in [0.15, 0.2) is 36.4 Å². The van der Waals surface area contributed by atoms with E-state index in [-0.39, 0.29) is 16.8 Å². The SMILES string of the molecule is CC(c1ccc(F)c(F)c1)N(C)C(=O)c1cccc(Cl)n1. The average Bonchev–Trinajstić information content (AvgIpc) is 2.47. The first kappa shape index (κ1) is 15.4. The summed E-state index contributed by atoms with van der Waals surface area (Å²) in [4.78, 5) is 17.6. The second-order valence-corrected chi connectivity index (χ2v) is 5.00. The van der Waals surface area contributed by atoms with Crippen molar-refractivity contribution in [3.63, 3.8) is 0 Å². The van der Waals surface area contributed by atoms with Crippen LogP contribution in [-0.4, -0.2) is 22.8 Å². The Morgan fingerprint density at radius 1 is 1.24 bits per heavy atom. The molecule has 1 unspecified atom stereocenters. The van der Waals surface area contributed by atoms with E-state index >= 15 is 0 Å². The Kier molecular flexibility index (Phi) is 4.53. The summed E-state index contributed by atoms with van der Waals surface area (Å²) in [5, 5.41) is 0.217. The molecule has 0 aliphatic heterocycles. The minimum absolute atomic E-state index is 0.194. The first-order valence-corrected chi connectivity index (χ1v) is 6.62. The summed E-state index contributed by atoms with van der Waals surface area (Å²) >= 11 is 5.76. The maximum Gasteiger partial charge on any atom is 0.272 e. The molecule has 0 radical (unpaired) electrons. The summed E-state index contributed by atoms with van der Waals surface area (Å²) in [5.74, 6) is -2.22. The molecule has 0 N–H and O–H groups in total. The predicted molar refractivity (Wildman–Crippen MR) is 76.1 cm³/mol. The Balaban J connectivity index is 2.24. The van der Waals surface area contributed by atoms with Crippen molar-refractivity contribution in [1.82, 2.24) is 9.88 Å². The van der Waals surface area contributed by atoms with Crippen molar-refractivity contribution in [1.29, 1.82) is 0 Å². The Labute approximate surface area is 126 Å². The van der Waals surface area contributed by atoms with Gasteiger partial charge in [-0.1, -0.05) is 23.7 Å². The van der Waals surface area contributed by atoms with Crippen molar-refractivity contribution >= 4 is 17.5 Å². The quantitative estimate of drug-likeness (QED) is 0.807. The third-order valence-electron chi connectivity index (χ3n) is 3.26. The molecule has 3 nitrogen and oxygen atoms in total. The van der Waals surface area contributed by atoms with Crippen molar-refractivity contribution < 1.29 is 13.6 Å². The molecule has 0 aliphatic carbocycles. The highest BCUT2D eigenvalue weighted by atomic mass is 35.5. The van der Waals surface area contributed by atoms with E-state index in [2.05, 4.69) is 4.98 Å². The second kappa shape index (κ2) is 6.18. The van der Waals surface area contributed by atoms with Crippen LogP contribution < -0.4 is 0 Å². The van der Waals surface area contributed by atoms with Crippen molar-refractivity contribution in [2.24, 2.45) is 0 Å². The number of pyridine rings is 1. The summed E-state index contributed by atoms with van der Waals surface area (Å²) in [6.45, 7) is 1.72. The highest BCUT2D eigenvalue weighted by Crippen LogP contribution is 2.22. The average molecular weight is 311 g/mol. The molecule has 1 heterocycles. The van der Waals surface area contributed by atoms with Crippen molar-refractivity contribution in [2.45, 2.75) is 13.0 Å². The predicted octanol–water partition coefficient (Wildman–Crippen LogP) is 3.85. The van der Waals surface area contributed by atoms with Crippen LogP contribution in [0.2, 0.25) is 5.15 Å². The molecule has 0 saturated carbocycles. The van der Waals surface area contributed by atoms with E-state index in [1.807, 2.05) is 0 Å². The van der Waals surface area contributed by atoms with E-state index in [9.17, 15) is 13.6 Å². The number of hydrogen-bond donors (Lipinski definition) is 0. The third kappa shape index (κ3) is 3.36. The van der Waals surface area contributed by atoms with Crippen LogP contribution in [0.3, 0.4) is 0 Å². The van der Waals surface area contributed by atoms with E-state index < -0.39 is 17.7 Å². The van der Waals surface area contributed by atoms with Crippen LogP contribution in [-0.2, 0) is 0 Å². The zero-order valence-electron chi connectivity index (χ0n) is 11.5. The van der Waals surface area contributed by atoms with Crippen LogP contribution in [0.5, 0.6) is 0 Å². The Bertz CT molecular complexity index is 678. The second-order valence-electron chi connectivity index (χ2n) is 4.61. The summed E-state index contributed by atoms with van der Waals surface area (Å²) in [7, 11) is 1.57. The highest BCUT2D eigenvalue weighted by Gasteiger charge is 2.21. The number of amides is 1. The van der Waals surface area contributed by atoms with E-state index in [1.54, 1.807) is 32.2 Å². The van der Waals surface area contributed by atoms with Crippen molar-refractivity contribution in [3.8, 4) is 0 Å². The standard InChI is InChI=1S/C15H13ClF2N2O/c1-9(10-6-7-11(17)12(18)8-10)20(2)15(21)13-4-3-5-14(16)19-13/h3-9H,1-2H3. The Hall–Kier alpha value is -2.01. The first-order chi connectivity index (χ1) is 9.90. The molecule has 1 atom stereocenters. The molecule has 1 aromatic heterocycles. The number of halogens is 3.